The van der Waals surface area contributed by atoms with E-state index in [-0.39, 0.29) is 0 Å². The second-order valence-electron chi connectivity index (χ2n) is 6.45. The molecule has 20 heavy (non-hydrogen) atoms. The molecule has 0 saturated carbocycles. The monoisotopic (exact) mass is 299 g/mol. The second kappa shape index (κ2) is 8.04. The van der Waals surface area contributed by atoms with Crippen molar-refractivity contribution >= 4 is 11.6 Å². The molecule has 0 bridgehead atoms. The molecule has 1 aromatic rings. The molecule has 1 atom stereocenters. The van der Waals surface area contributed by atoms with Crippen molar-refractivity contribution in [3.8, 4) is 0 Å². The van der Waals surface area contributed by atoms with Gasteiger partial charge in [-0.25, -0.2) is 0 Å². The highest BCUT2D eigenvalue weighted by Crippen LogP contribution is 2.25. The van der Waals surface area contributed by atoms with E-state index in [1.807, 2.05) is 11.7 Å². The van der Waals surface area contributed by atoms with Crippen molar-refractivity contribution in [2.75, 3.05) is 6.54 Å². The molecule has 0 aromatic carbocycles. The number of hydrogen-bond donors (Lipinski definition) is 1. The van der Waals surface area contributed by atoms with Crippen LogP contribution in [-0.4, -0.2) is 22.4 Å². The molecular formula is C16H30ClN3. The summed E-state index contributed by atoms with van der Waals surface area (Å²) in [5.74, 6) is 1.31. The largest absolute Gasteiger partial charge is 0.314 e. The fourth-order valence-corrected chi connectivity index (χ4v) is 2.99. The van der Waals surface area contributed by atoms with E-state index < -0.39 is 0 Å². The summed E-state index contributed by atoms with van der Waals surface area (Å²) in [7, 11) is 2.00. The van der Waals surface area contributed by atoms with Crippen LogP contribution in [0.4, 0.5) is 0 Å². The van der Waals surface area contributed by atoms with Crippen molar-refractivity contribution in [1.29, 1.82) is 0 Å². The molecule has 116 valence electrons. The third kappa shape index (κ3) is 5.10. The van der Waals surface area contributed by atoms with E-state index in [9.17, 15) is 0 Å². The molecule has 1 unspecified atom stereocenters. The molecule has 0 saturated heterocycles. The lowest BCUT2D eigenvalue weighted by molar-refractivity contribution is 0.367. The zero-order valence-corrected chi connectivity index (χ0v) is 14.6. The third-order valence-corrected chi connectivity index (χ3v) is 4.04. The molecule has 1 heterocycles. The molecule has 1 aromatic heterocycles. The van der Waals surface area contributed by atoms with E-state index in [1.165, 1.54) is 12.1 Å². The Labute approximate surface area is 129 Å². The van der Waals surface area contributed by atoms with Crippen LogP contribution in [0.15, 0.2) is 0 Å². The standard InChI is InChI=1S/C16H30ClN3/c1-7-14-16(17)15(20(6)19-14)9-13(8-11(2)3)10-18-12(4)5/h11-13,18H,7-10H2,1-6H3. The van der Waals surface area contributed by atoms with Crippen molar-refractivity contribution in [1.82, 2.24) is 15.1 Å². The lowest BCUT2D eigenvalue weighted by Crippen LogP contribution is -2.31. The average Bonchev–Trinajstić information content (AvgIpc) is 2.62. The fraction of sp³-hybridized carbons (Fsp3) is 0.812. The fourth-order valence-electron chi connectivity index (χ4n) is 2.62. The molecule has 1 N–H and O–H groups in total. The van der Waals surface area contributed by atoms with Gasteiger partial charge in [-0.3, -0.25) is 4.68 Å². The van der Waals surface area contributed by atoms with E-state index in [1.54, 1.807) is 0 Å². The summed E-state index contributed by atoms with van der Waals surface area (Å²) in [6.45, 7) is 12.1. The van der Waals surface area contributed by atoms with Gasteiger partial charge in [0.25, 0.3) is 0 Å². The topological polar surface area (TPSA) is 29.9 Å². The number of aromatic nitrogens is 2. The van der Waals surface area contributed by atoms with Crippen LogP contribution in [0.1, 0.15) is 52.4 Å². The van der Waals surface area contributed by atoms with E-state index in [0.29, 0.717) is 17.9 Å². The molecule has 0 radical (unpaired) electrons. The summed E-state index contributed by atoms with van der Waals surface area (Å²) in [5.41, 5.74) is 2.20. The summed E-state index contributed by atoms with van der Waals surface area (Å²) in [5, 5.41) is 8.95. The van der Waals surface area contributed by atoms with Gasteiger partial charge in [0, 0.05) is 13.1 Å². The number of halogens is 1. The first-order valence-corrected chi connectivity index (χ1v) is 8.16. The van der Waals surface area contributed by atoms with Gasteiger partial charge in [0.1, 0.15) is 0 Å². The SMILES string of the molecule is CCc1nn(C)c(CC(CNC(C)C)CC(C)C)c1Cl. The van der Waals surface area contributed by atoms with Gasteiger partial charge in [0.15, 0.2) is 0 Å². The van der Waals surface area contributed by atoms with Crippen molar-refractivity contribution in [2.45, 2.75) is 59.9 Å². The van der Waals surface area contributed by atoms with Crippen LogP contribution < -0.4 is 5.32 Å². The van der Waals surface area contributed by atoms with Gasteiger partial charge in [-0.15, -0.1) is 0 Å². The van der Waals surface area contributed by atoms with Crippen LogP contribution in [-0.2, 0) is 19.9 Å². The Morgan fingerprint density at radius 2 is 1.90 bits per heavy atom. The maximum absolute atomic E-state index is 6.47. The van der Waals surface area contributed by atoms with Gasteiger partial charge in [-0.2, -0.15) is 5.10 Å². The molecule has 0 spiro atoms. The first-order valence-electron chi connectivity index (χ1n) is 7.78. The molecule has 1 rings (SSSR count). The van der Waals surface area contributed by atoms with Gasteiger partial charge in [0.05, 0.1) is 16.4 Å². The predicted octanol–water partition coefficient (Wildman–Crippen LogP) is 3.84. The van der Waals surface area contributed by atoms with E-state index >= 15 is 0 Å². The Balaban J connectivity index is 2.80. The highest BCUT2D eigenvalue weighted by Gasteiger charge is 2.19. The summed E-state index contributed by atoms with van der Waals surface area (Å²) >= 11 is 6.47. The Kier molecular flexibility index (Phi) is 7.04. The van der Waals surface area contributed by atoms with Gasteiger partial charge in [-0.1, -0.05) is 46.2 Å². The maximum Gasteiger partial charge on any atom is 0.0849 e. The molecule has 4 heteroatoms. The Morgan fingerprint density at radius 3 is 2.35 bits per heavy atom. The minimum Gasteiger partial charge on any atom is -0.314 e. The molecule has 0 amide bonds. The van der Waals surface area contributed by atoms with E-state index in [2.05, 4.69) is 45.0 Å². The van der Waals surface area contributed by atoms with E-state index in [0.717, 1.165) is 30.1 Å². The number of nitrogens with one attached hydrogen (secondary N) is 1. The second-order valence-corrected chi connectivity index (χ2v) is 6.83. The first kappa shape index (κ1) is 17.5. The van der Waals surface area contributed by atoms with Crippen molar-refractivity contribution in [3.05, 3.63) is 16.4 Å². The first-order chi connectivity index (χ1) is 9.35. The Bertz CT molecular complexity index is 410. The zero-order chi connectivity index (χ0) is 15.3. The van der Waals surface area contributed by atoms with Crippen LogP contribution in [0.5, 0.6) is 0 Å². The Hall–Kier alpha value is -0.540. The maximum atomic E-state index is 6.47. The summed E-state index contributed by atoms with van der Waals surface area (Å²) in [6.07, 6.45) is 3.11. The molecule has 0 aliphatic carbocycles. The quantitative estimate of drug-likeness (QED) is 0.790. The summed E-state index contributed by atoms with van der Waals surface area (Å²) in [6, 6.07) is 0.526. The number of aryl methyl sites for hydroxylation is 2. The number of rotatable bonds is 8. The molecule has 0 fully saturated rings. The van der Waals surface area contributed by atoms with Crippen molar-refractivity contribution in [2.24, 2.45) is 18.9 Å². The lowest BCUT2D eigenvalue weighted by atomic mass is 9.92. The van der Waals surface area contributed by atoms with Crippen LogP contribution in [0.2, 0.25) is 5.02 Å². The zero-order valence-electron chi connectivity index (χ0n) is 13.8. The van der Waals surface area contributed by atoms with Gasteiger partial charge in [0.2, 0.25) is 0 Å². The molecule has 3 nitrogen and oxygen atoms in total. The van der Waals surface area contributed by atoms with Crippen LogP contribution >= 0.6 is 11.6 Å². The van der Waals surface area contributed by atoms with Crippen molar-refractivity contribution < 1.29 is 0 Å². The van der Waals surface area contributed by atoms with Gasteiger partial charge in [-0.05, 0) is 37.6 Å². The van der Waals surface area contributed by atoms with Crippen molar-refractivity contribution in [3.63, 3.8) is 0 Å². The van der Waals surface area contributed by atoms with Crippen LogP contribution in [0.3, 0.4) is 0 Å². The third-order valence-electron chi connectivity index (χ3n) is 3.60. The van der Waals surface area contributed by atoms with E-state index in [4.69, 9.17) is 11.6 Å². The average molecular weight is 300 g/mol. The van der Waals surface area contributed by atoms with Crippen LogP contribution in [0.25, 0.3) is 0 Å². The highest BCUT2D eigenvalue weighted by atomic mass is 35.5. The number of hydrogen-bond acceptors (Lipinski definition) is 2. The molecular weight excluding hydrogens is 270 g/mol. The minimum atomic E-state index is 0.526. The van der Waals surface area contributed by atoms with Gasteiger partial charge < -0.3 is 5.32 Å². The lowest BCUT2D eigenvalue weighted by Gasteiger charge is -2.21. The number of nitrogens with zero attached hydrogens (tertiary/aromatic N) is 2. The predicted molar refractivity (Wildman–Crippen MR) is 87.4 cm³/mol. The highest BCUT2D eigenvalue weighted by molar-refractivity contribution is 6.31. The van der Waals surface area contributed by atoms with Crippen LogP contribution in [0, 0.1) is 11.8 Å². The summed E-state index contributed by atoms with van der Waals surface area (Å²) in [4.78, 5) is 0. The molecule has 0 aliphatic heterocycles. The summed E-state index contributed by atoms with van der Waals surface area (Å²) < 4.78 is 1.96. The normalized spacial score (nSPS) is 13.4. The smallest absolute Gasteiger partial charge is 0.0849 e. The Morgan fingerprint density at radius 1 is 1.25 bits per heavy atom. The molecule has 0 aliphatic rings. The minimum absolute atomic E-state index is 0.526. The van der Waals surface area contributed by atoms with Gasteiger partial charge >= 0.3 is 0 Å².